The fourth-order valence-corrected chi connectivity index (χ4v) is 2.54. The molecule has 0 aromatic carbocycles. The number of H-pyrrole nitrogens is 1. The van der Waals surface area contributed by atoms with E-state index in [1.807, 2.05) is 0 Å². The van der Waals surface area contributed by atoms with Crippen LogP contribution in [0.3, 0.4) is 0 Å². The normalized spacial score (nSPS) is 28.3. The number of aryl methyl sites for hydroxylation is 1. The zero-order valence-corrected chi connectivity index (χ0v) is 10.6. The van der Waals surface area contributed by atoms with Crippen molar-refractivity contribution in [2.24, 2.45) is 11.8 Å². The minimum absolute atomic E-state index is 0.111. The fraction of sp³-hybridized carbons (Fsp3) is 0.667. The highest BCUT2D eigenvalue weighted by Crippen LogP contribution is 2.31. The summed E-state index contributed by atoms with van der Waals surface area (Å²) in [5, 5.41) is 9.63. The summed E-state index contributed by atoms with van der Waals surface area (Å²) in [6.07, 6.45) is 2.22. The van der Waals surface area contributed by atoms with Crippen LogP contribution in [0, 0.1) is 18.8 Å². The van der Waals surface area contributed by atoms with E-state index in [1.54, 1.807) is 6.92 Å². The van der Waals surface area contributed by atoms with Crippen LogP contribution >= 0.6 is 0 Å². The number of aromatic nitrogens is 2. The van der Waals surface area contributed by atoms with Crippen LogP contribution in [-0.4, -0.2) is 22.1 Å². The van der Waals surface area contributed by atoms with E-state index in [1.165, 1.54) is 6.42 Å². The van der Waals surface area contributed by atoms with Crippen LogP contribution in [0.4, 0.5) is 5.82 Å². The van der Waals surface area contributed by atoms with Crippen molar-refractivity contribution in [1.29, 1.82) is 0 Å². The first-order chi connectivity index (χ1) is 8.00. The van der Waals surface area contributed by atoms with Gasteiger partial charge in [-0.15, -0.1) is 0 Å². The Morgan fingerprint density at radius 2 is 2.18 bits per heavy atom. The van der Waals surface area contributed by atoms with Gasteiger partial charge in [0, 0.05) is 11.7 Å². The highest BCUT2D eigenvalue weighted by Gasteiger charge is 2.31. The van der Waals surface area contributed by atoms with Crippen LogP contribution < -0.4 is 11.1 Å². The van der Waals surface area contributed by atoms with Crippen molar-refractivity contribution in [2.75, 3.05) is 5.73 Å². The van der Waals surface area contributed by atoms with Crippen LogP contribution in [0.25, 0.3) is 0 Å². The minimum Gasteiger partial charge on any atom is -0.382 e. The molecule has 17 heavy (non-hydrogen) atoms. The summed E-state index contributed by atoms with van der Waals surface area (Å²) in [6, 6.07) is 0.256. The maximum Gasteiger partial charge on any atom is 0.257 e. The van der Waals surface area contributed by atoms with Gasteiger partial charge in [-0.3, -0.25) is 9.89 Å². The molecule has 0 radical (unpaired) electrons. The number of nitrogens with zero attached hydrogens (tertiary/aromatic N) is 1. The fourth-order valence-electron chi connectivity index (χ4n) is 2.54. The summed E-state index contributed by atoms with van der Waals surface area (Å²) in [5.74, 6) is 1.36. The van der Waals surface area contributed by atoms with Gasteiger partial charge in [-0.1, -0.05) is 13.8 Å². The average molecular weight is 236 g/mol. The number of carbonyl (C=O) groups is 1. The van der Waals surface area contributed by atoms with Crippen molar-refractivity contribution in [2.45, 2.75) is 39.7 Å². The highest BCUT2D eigenvalue weighted by atomic mass is 16.1. The van der Waals surface area contributed by atoms with Crippen LogP contribution in [0.2, 0.25) is 0 Å². The second kappa shape index (κ2) is 4.39. The third-order valence-electron chi connectivity index (χ3n) is 3.98. The summed E-state index contributed by atoms with van der Waals surface area (Å²) in [4.78, 5) is 12.1. The van der Waals surface area contributed by atoms with Crippen molar-refractivity contribution in [3.63, 3.8) is 0 Å². The number of anilines is 1. The van der Waals surface area contributed by atoms with Crippen molar-refractivity contribution >= 4 is 11.7 Å². The van der Waals surface area contributed by atoms with E-state index in [2.05, 4.69) is 29.4 Å². The molecule has 0 bridgehead atoms. The van der Waals surface area contributed by atoms with Gasteiger partial charge in [0.05, 0.1) is 0 Å². The third-order valence-corrected chi connectivity index (χ3v) is 3.98. The highest BCUT2D eigenvalue weighted by molar-refractivity contribution is 5.99. The lowest BCUT2D eigenvalue weighted by Gasteiger charge is -2.19. The van der Waals surface area contributed by atoms with Gasteiger partial charge in [0.2, 0.25) is 0 Å². The van der Waals surface area contributed by atoms with Crippen LogP contribution in [0.5, 0.6) is 0 Å². The van der Waals surface area contributed by atoms with Crippen molar-refractivity contribution in [3.05, 3.63) is 11.3 Å². The number of nitrogens with two attached hydrogens (primary N) is 1. The first-order valence-corrected chi connectivity index (χ1v) is 6.12. The summed E-state index contributed by atoms with van der Waals surface area (Å²) >= 11 is 0. The Bertz CT molecular complexity index is 407. The Labute approximate surface area is 101 Å². The summed E-state index contributed by atoms with van der Waals surface area (Å²) < 4.78 is 0. The number of carbonyl (C=O) groups excluding carboxylic acids is 1. The number of nitrogens with one attached hydrogen (secondary N) is 2. The molecule has 4 N–H and O–H groups in total. The molecule has 1 saturated carbocycles. The smallest absolute Gasteiger partial charge is 0.257 e. The Morgan fingerprint density at radius 1 is 1.47 bits per heavy atom. The van der Waals surface area contributed by atoms with Gasteiger partial charge in [-0.05, 0) is 31.6 Å². The molecule has 1 aliphatic carbocycles. The lowest BCUT2D eigenvalue weighted by molar-refractivity contribution is 0.0928. The number of hydrogen-bond acceptors (Lipinski definition) is 3. The molecule has 5 heteroatoms. The van der Waals surface area contributed by atoms with E-state index >= 15 is 0 Å². The summed E-state index contributed by atoms with van der Waals surface area (Å²) in [6.45, 7) is 6.22. The number of amides is 1. The van der Waals surface area contributed by atoms with E-state index in [-0.39, 0.29) is 17.8 Å². The zero-order chi connectivity index (χ0) is 12.6. The van der Waals surface area contributed by atoms with Crippen LogP contribution in [0.15, 0.2) is 0 Å². The van der Waals surface area contributed by atoms with Gasteiger partial charge in [0.1, 0.15) is 5.56 Å². The molecule has 5 nitrogen and oxygen atoms in total. The lowest BCUT2D eigenvalue weighted by atomic mass is 9.97. The average Bonchev–Trinajstić information content (AvgIpc) is 2.76. The van der Waals surface area contributed by atoms with E-state index in [0.29, 0.717) is 17.4 Å². The molecule has 3 atom stereocenters. The standard InChI is InChI=1S/C12H20N4O/c1-6-4-5-9(7(6)2)14-12(17)10-8(3)15-16-11(10)13/h6-7,9H,4-5H2,1-3H3,(H,14,17)(H3,13,15,16). The molecular weight excluding hydrogens is 216 g/mol. The van der Waals surface area contributed by atoms with Crippen LogP contribution in [-0.2, 0) is 0 Å². The monoisotopic (exact) mass is 236 g/mol. The van der Waals surface area contributed by atoms with Crippen LogP contribution in [0.1, 0.15) is 42.7 Å². The maximum atomic E-state index is 12.1. The number of rotatable bonds is 2. The molecular formula is C12H20N4O. The van der Waals surface area contributed by atoms with Gasteiger partial charge >= 0.3 is 0 Å². The van der Waals surface area contributed by atoms with E-state index in [0.717, 1.165) is 12.1 Å². The Balaban J connectivity index is 2.08. The number of hydrogen-bond donors (Lipinski definition) is 3. The van der Waals surface area contributed by atoms with Gasteiger partial charge in [-0.2, -0.15) is 5.10 Å². The zero-order valence-electron chi connectivity index (χ0n) is 10.6. The van der Waals surface area contributed by atoms with Gasteiger partial charge in [-0.25, -0.2) is 0 Å². The molecule has 1 aromatic rings. The molecule has 1 fully saturated rings. The number of aromatic amines is 1. The molecule has 94 valence electrons. The molecule has 1 aliphatic rings. The molecule has 1 heterocycles. The first kappa shape index (κ1) is 12.0. The second-order valence-corrected chi connectivity index (χ2v) is 5.10. The number of nitrogen functional groups attached to an aromatic ring is 1. The lowest BCUT2D eigenvalue weighted by Crippen LogP contribution is -2.37. The predicted molar refractivity (Wildman–Crippen MR) is 66.6 cm³/mol. The van der Waals surface area contributed by atoms with Gasteiger partial charge in [0.25, 0.3) is 5.91 Å². The quantitative estimate of drug-likeness (QED) is 0.727. The Kier molecular flexibility index (Phi) is 3.09. The predicted octanol–water partition coefficient (Wildman–Crippen LogP) is 1.46. The topological polar surface area (TPSA) is 83.8 Å². The molecule has 1 amide bonds. The van der Waals surface area contributed by atoms with Gasteiger partial charge < -0.3 is 11.1 Å². The SMILES string of the molecule is Cc1[nH]nc(N)c1C(=O)NC1CCC(C)C1C. The summed E-state index contributed by atoms with van der Waals surface area (Å²) in [7, 11) is 0. The molecule has 3 unspecified atom stereocenters. The van der Waals surface area contributed by atoms with E-state index < -0.39 is 0 Å². The molecule has 0 spiro atoms. The summed E-state index contributed by atoms with van der Waals surface area (Å²) in [5.41, 5.74) is 6.88. The second-order valence-electron chi connectivity index (χ2n) is 5.10. The van der Waals surface area contributed by atoms with Crippen molar-refractivity contribution in [1.82, 2.24) is 15.5 Å². The van der Waals surface area contributed by atoms with Crippen molar-refractivity contribution in [3.8, 4) is 0 Å². The molecule has 0 aliphatic heterocycles. The Hall–Kier alpha value is -1.52. The third kappa shape index (κ3) is 2.14. The molecule has 1 aromatic heterocycles. The van der Waals surface area contributed by atoms with Crippen molar-refractivity contribution < 1.29 is 4.79 Å². The maximum absolute atomic E-state index is 12.1. The van der Waals surface area contributed by atoms with E-state index in [9.17, 15) is 4.79 Å². The largest absolute Gasteiger partial charge is 0.382 e. The minimum atomic E-state index is -0.111. The first-order valence-electron chi connectivity index (χ1n) is 6.12. The van der Waals surface area contributed by atoms with E-state index in [4.69, 9.17) is 5.73 Å². The Morgan fingerprint density at radius 3 is 2.65 bits per heavy atom. The van der Waals surface area contributed by atoms with Gasteiger partial charge in [0.15, 0.2) is 5.82 Å². The molecule has 0 saturated heterocycles. The molecule has 2 rings (SSSR count).